The molecule has 1 atom stereocenters. The van der Waals surface area contributed by atoms with Gasteiger partial charge in [-0.1, -0.05) is 0 Å². The molecule has 1 heterocycles. The van der Waals surface area contributed by atoms with Crippen LogP contribution >= 0.6 is 12.4 Å². The van der Waals surface area contributed by atoms with Crippen LogP contribution in [-0.2, 0) is 14.3 Å². The summed E-state index contributed by atoms with van der Waals surface area (Å²) in [4.78, 5) is 11.7. The lowest BCUT2D eigenvalue weighted by Crippen LogP contribution is -2.40. The van der Waals surface area contributed by atoms with Gasteiger partial charge >= 0.3 is 0 Å². The second kappa shape index (κ2) is 11.7. The molecule has 1 unspecified atom stereocenters. The summed E-state index contributed by atoms with van der Waals surface area (Å²) in [6, 6.07) is 0. The Balaban J connectivity index is 0.00000289. The van der Waals surface area contributed by atoms with Gasteiger partial charge in [-0.05, 0) is 25.8 Å². The zero-order valence-electron chi connectivity index (χ0n) is 11.1. The van der Waals surface area contributed by atoms with Crippen LogP contribution in [0.5, 0.6) is 0 Å². The molecule has 2 N–H and O–H groups in total. The number of carbonyl (C=O) groups excluding carboxylic acids is 1. The lowest BCUT2D eigenvalue weighted by atomic mass is 9.99. The van der Waals surface area contributed by atoms with Crippen molar-refractivity contribution in [2.75, 3.05) is 46.6 Å². The molecule has 108 valence electrons. The van der Waals surface area contributed by atoms with Gasteiger partial charge in [-0.2, -0.15) is 0 Å². The number of halogens is 1. The molecule has 1 aliphatic heterocycles. The van der Waals surface area contributed by atoms with E-state index in [1.165, 1.54) is 0 Å². The first-order valence-electron chi connectivity index (χ1n) is 6.39. The van der Waals surface area contributed by atoms with Gasteiger partial charge in [0, 0.05) is 26.8 Å². The summed E-state index contributed by atoms with van der Waals surface area (Å²) in [6.07, 6.45) is 2.96. The normalized spacial score (nSPS) is 19.1. The molecule has 0 bridgehead atoms. The molecular weight excluding hydrogens is 256 g/mol. The topological polar surface area (TPSA) is 59.6 Å². The zero-order valence-corrected chi connectivity index (χ0v) is 11.9. The predicted molar refractivity (Wildman–Crippen MR) is 73.2 cm³/mol. The molecule has 1 amide bonds. The molecule has 1 fully saturated rings. The number of hydrogen-bond donors (Lipinski definition) is 2. The van der Waals surface area contributed by atoms with Crippen LogP contribution in [0, 0.1) is 5.92 Å². The molecule has 6 heteroatoms. The van der Waals surface area contributed by atoms with Gasteiger partial charge in [0.05, 0.1) is 19.1 Å². The van der Waals surface area contributed by atoms with Crippen molar-refractivity contribution in [3.8, 4) is 0 Å². The van der Waals surface area contributed by atoms with Crippen molar-refractivity contribution >= 4 is 18.3 Å². The number of rotatable bonds is 8. The first kappa shape index (κ1) is 17.6. The number of piperidine rings is 1. The van der Waals surface area contributed by atoms with Gasteiger partial charge in [-0.3, -0.25) is 4.79 Å². The highest BCUT2D eigenvalue weighted by Crippen LogP contribution is 2.09. The number of hydrogen-bond acceptors (Lipinski definition) is 4. The summed E-state index contributed by atoms with van der Waals surface area (Å²) >= 11 is 0. The molecular formula is C12H25ClN2O3. The third-order valence-electron chi connectivity index (χ3n) is 2.86. The molecule has 0 radical (unpaired) electrons. The van der Waals surface area contributed by atoms with Crippen molar-refractivity contribution in [1.82, 2.24) is 10.6 Å². The van der Waals surface area contributed by atoms with Gasteiger partial charge in [0.15, 0.2) is 0 Å². The van der Waals surface area contributed by atoms with Crippen molar-refractivity contribution < 1.29 is 14.3 Å². The summed E-state index contributed by atoms with van der Waals surface area (Å²) < 4.78 is 10.2. The smallest absolute Gasteiger partial charge is 0.224 e. The van der Waals surface area contributed by atoms with E-state index in [9.17, 15) is 4.79 Å². The van der Waals surface area contributed by atoms with E-state index in [0.29, 0.717) is 26.4 Å². The van der Waals surface area contributed by atoms with Crippen LogP contribution in [0.25, 0.3) is 0 Å². The Morgan fingerprint density at radius 1 is 1.39 bits per heavy atom. The zero-order chi connectivity index (χ0) is 12.3. The monoisotopic (exact) mass is 280 g/mol. The van der Waals surface area contributed by atoms with Gasteiger partial charge in [0.25, 0.3) is 0 Å². The second-order valence-electron chi connectivity index (χ2n) is 4.29. The van der Waals surface area contributed by atoms with Gasteiger partial charge < -0.3 is 20.1 Å². The van der Waals surface area contributed by atoms with Crippen LogP contribution in [0.1, 0.15) is 19.3 Å². The summed E-state index contributed by atoms with van der Waals surface area (Å²) in [5.74, 6) is 0.326. The Labute approximate surface area is 115 Å². The third kappa shape index (κ3) is 7.87. The molecule has 0 saturated carbocycles. The second-order valence-corrected chi connectivity index (χ2v) is 4.29. The first-order valence-corrected chi connectivity index (χ1v) is 6.39. The van der Waals surface area contributed by atoms with Gasteiger partial charge in [-0.25, -0.2) is 0 Å². The van der Waals surface area contributed by atoms with Crippen LogP contribution < -0.4 is 10.6 Å². The Morgan fingerprint density at radius 2 is 2.22 bits per heavy atom. The molecule has 1 rings (SSSR count). The third-order valence-corrected chi connectivity index (χ3v) is 2.86. The van der Waals surface area contributed by atoms with Gasteiger partial charge in [0.1, 0.15) is 0 Å². The quantitative estimate of drug-likeness (QED) is 0.639. The Kier molecular flexibility index (Phi) is 11.5. The molecule has 18 heavy (non-hydrogen) atoms. The minimum atomic E-state index is 0. The van der Waals surface area contributed by atoms with E-state index in [0.717, 1.165) is 32.4 Å². The van der Waals surface area contributed by atoms with E-state index in [4.69, 9.17) is 9.47 Å². The van der Waals surface area contributed by atoms with Crippen LogP contribution in [0.4, 0.5) is 0 Å². The highest BCUT2D eigenvalue weighted by Gasteiger charge is 2.19. The predicted octanol–water partition coefficient (Wildman–Crippen LogP) is 0.577. The SMILES string of the molecule is COCCOCCCNC(=O)C1CCCNC1.Cl. The number of amides is 1. The molecule has 1 saturated heterocycles. The highest BCUT2D eigenvalue weighted by molar-refractivity contribution is 5.85. The maximum absolute atomic E-state index is 11.7. The van der Waals surface area contributed by atoms with E-state index < -0.39 is 0 Å². The van der Waals surface area contributed by atoms with Crippen molar-refractivity contribution in [3.63, 3.8) is 0 Å². The van der Waals surface area contributed by atoms with Crippen molar-refractivity contribution in [2.45, 2.75) is 19.3 Å². The van der Waals surface area contributed by atoms with Gasteiger partial charge in [0.2, 0.25) is 5.91 Å². The van der Waals surface area contributed by atoms with Gasteiger partial charge in [-0.15, -0.1) is 12.4 Å². The van der Waals surface area contributed by atoms with E-state index in [-0.39, 0.29) is 24.2 Å². The maximum Gasteiger partial charge on any atom is 0.224 e. The number of ether oxygens (including phenoxy) is 2. The van der Waals surface area contributed by atoms with E-state index >= 15 is 0 Å². The van der Waals surface area contributed by atoms with E-state index in [2.05, 4.69) is 10.6 Å². The minimum absolute atomic E-state index is 0. The molecule has 0 spiro atoms. The lowest BCUT2D eigenvalue weighted by molar-refractivity contribution is -0.125. The Hall–Kier alpha value is -0.360. The van der Waals surface area contributed by atoms with Crippen LogP contribution in [0.15, 0.2) is 0 Å². The van der Waals surface area contributed by atoms with E-state index in [1.54, 1.807) is 7.11 Å². The number of methoxy groups -OCH3 is 1. The summed E-state index contributed by atoms with van der Waals surface area (Å²) in [6.45, 7) is 4.47. The summed E-state index contributed by atoms with van der Waals surface area (Å²) in [5.41, 5.74) is 0. The minimum Gasteiger partial charge on any atom is -0.382 e. The van der Waals surface area contributed by atoms with Crippen molar-refractivity contribution in [3.05, 3.63) is 0 Å². The fourth-order valence-corrected chi connectivity index (χ4v) is 1.85. The standard InChI is InChI=1S/C12H24N2O3.ClH/c1-16-8-9-17-7-3-6-14-12(15)11-4-2-5-13-10-11;/h11,13H,2-10H2,1H3,(H,14,15);1H. The van der Waals surface area contributed by atoms with Crippen LogP contribution in [0.3, 0.4) is 0 Å². The molecule has 5 nitrogen and oxygen atoms in total. The van der Waals surface area contributed by atoms with Crippen molar-refractivity contribution in [1.29, 1.82) is 0 Å². The fraction of sp³-hybridized carbons (Fsp3) is 0.917. The number of carbonyl (C=O) groups is 1. The largest absolute Gasteiger partial charge is 0.382 e. The molecule has 0 aromatic heterocycles. The lowest BCUT2D eigenvalue weighted by Gasteiger charge is -2.21. The molecule has 1 aliphatic rings. The maximum atomic E-state index is 11.7. The van der Waals surface area contributed by atoms with Crippen LogP contribution in [0.2, 0.25) is 0 Å². The molecule has 0 aliphatic carbocycles. The fourth-order valence-electron chi connectivity index (χ4n) is 1.85. The highest BCUT2D eigenvalue weighted by atomic mass is 35.5. The number of nitrogens with one attached hydrogen (secondary N) is 2. The van der Waals surface area contributed by atoms with Crippen molar-refractivity contribution in [2.24, 2.45) is 5.92 Å². The average Bonchev–Trinajstić information content (AvgIpc) is 2.38. The van der Waals surface area contributed by atoms with Crippen LogP contribution in [-0.4, -0.2) is 52.5 Å². The average molecular weight is 281 g/mol. The summed E-state index contributed by atoms with van der Waals surface area (Å²) in [7, 11) is 1.65. The molecule has 0 aromatic rings. The Bertz CT molecular complexity index is 211. The van der Waals surface area contributed by atoms with E-state index in [1.807, 2.05) is 0 Å². The summed E-state index contributed by atoms with van der Waals surface area (Å²) in [5, 5.41) is 6.19. The Morgan fingerprint density at radius 3 is 2.89 bits per heavy atom. The molecule has 0 aromatic carbocycles. The first-order chi connectivity index (χ1) is 8.34.